The molecule has 186 valence electrons. The van der Waals surface area contributed by atoms with E-state index in [4.69, 9.17) is 10.2 Å². The number of rotatable bonds is 4. The second-order valence-electron chi connectivity index (χ2n) is 10.0. The predicted molar refractivity (Wildman–Crippen MR) is 141 cm³/mol. The standard InChI is InChI=1S/C27H32N8O/c1-16-14-35(24-12-26(36)32(6)25-15-33(10-9-28)31-27(24)25)17(2)13-34(16)20(5)21-7-8-22-23(11-21)30-19(4)18(3)29-22/h7-8,11-12,15-17,20H,10,13-14H2,1-6H3/t16-,17+,20?/m1/s1. The van der Waals surface area contributed by atoms with E-state index in [2.05, 4.69) is 64.9 Å². The Hall–Kier alpha value is -3.77. The molecule has 0 spiro atoms. The number of aromatic nitrogens is 5. The second kappa shape index (κ2) is 9.03. The number of benzene rings is 1. The summed E-state index contributed by atoms with van der Waals surface area (Å²) in [5.74, 6) is 0. The van der Waals surface area contributed by atoms with Crippen LogP contribution < -0.4 is 10.5 Å². The first-order chi connectivity index (χ1) is 17.2. The van der Waals surface area contributed by atoms with E-state index in [1.165, 1.54) is 5.56 Å². The number of aryl methyl sites for hydroxylation is 3. The van der Waals surface area contributed by atoms with E-state index in [9.17, 15) is 4.79 Å². The van der Waals surface area contributed by atoms with Crippen LogP contribution >= 0.6 is 0 Å². The van der Waals surface area contributed by atoms with E-state index in [1.54, 1.807) is 28.6 Å². The number of anilines is 1. The summed E-state index contributed by atoms with van der Waals surface area (Å²) in [6, 6.07) is 10.8. The van der Waals surface area contributed by atoms with Crippen LogP contribution in [0, 0.1) is 25.2 Å². The summed E-state index contributed by atoms with van der Waals surface area (Å²) in [4.78, 5) is 27.0. The number of piperazine rings is 1. The molecule has 9 heteroatoms. The molecule has 4 aromatic rings. The lowest BCUT2D eigenvalue weighted by Crippen LogP contribution is -2.57. The molecule has 0 N–H and O–H groups in total. The second-order valence-corrected chi connectivity index (χ2v) is 10.0. The highest BCUT2D eigenvalue weighted by molar-refractivity contribution is 5.88. The Balaban J connectivity index is 1.45. The molecule has 0 radical (unpaired) electrons. The lowest BCUT2D eigenvalue weighted by Gasteiger charge is -2.47. The van der Waals surface area contributed by atoms with Crippen LogP contribution in [0.1, 0.15) is 43.8 Å². The van der Waals surface area contributed by atoms with Gasteiger partial charge in [-0.1, -0.05) is 6.07 Å². The van der Waals surface area contributed by atoms with Gasteiger partial charge < -0.3 is 9.47 Å². The highest BCUT2D eigenvalue weighted by Gasteiger charge is 2.34. The van der Waals surface area contributed by atoms with Gasteiger partial charge in [-0.3, -0.25) is 14.4 Å². The summed E-state index contributed by atoms with van der Waals surface area (Å²) in [5.41, 5.74) is 7.25. The fourth-order valence-electron chi connectivity index (χ4n) is 5.34. The van der Waals surface area contributed by atoms with Gasteiger partial charge in [0.25, 0.3) is 5.56 Å². The first-order valence-corrected chi connectivity index (χ1v) is 12.4. The van der Waals surface area contributed by atoms with Crippen molar-refractivity contribution < 1.29 is 0 Å². The van der Waals surface area contributed by atoms with Crippen LogP contribution in [0.2, 0.25) is 0 Å². The number of nitrogens with zero attached hydrogens (tertiary/aromatic N) is 8. The maximum absolute atomic E-state index is 12.8. The van der Waals surface area contributed by atoms with Gasteiger partial charge in [-0.15, -0.1) is 0 Å². The lowest BCUT2D eigenvalue weighted by atomic mass is 9.99. The van der Waals surface area contributed by atoms with E-state index in [-0.39, 0.29) is 30.2 Å². The molecule has 1 saturated heterocycles. The maximum Gasteiger partial charge on any atom is 0.252 e. The first-order valence-electron chi connectivity index (χ1n) is 12.4. The maximum atomic E-state index is 12.8. The molecule has 36 heavy (non-hydrogen) atoms. The SMILES string of the molecule is Cc1nc2ccc(C(C)N3C[C@H](C)N(c4cc(=O)n(C)c5cn(CC#N)nc45)C[C@H]3C)cc2nc1C. The van der Waals surface area contributed by atoms with Gasteiger partial charge in [0.05, 0.1) is 45.9 Å². The van der Waals surface area contributed by atoms with E-state index >= 15 is 0 Å². The molecular weight excluding hydrogens is 452 g/mol. The monoisotopic (exact) mass is 484 g/mol. The summed E-state index contributed by atoms with van der Waals surface area (Å²) in [6.07, 6.45) is 1.78. The largest absolute Gasteiger partial charge is 0.364 e. The van der Waals surface area contributed by atoms with E-state index in [0.29, 0.717) is 0 Å². The normalized spacial score (nSPS) is 19.6. The first kappa shape index (κ1) is 23.9. The fraction of sp³-hybridized carbons (Fsp3) is 0.444. The van der Waals surface area contributed by atoms with Gasteiger partial charge in [0.2, 0.25) is 0 Å². The molecule has 0 amide bonds. The minimum Gasteiger partial charge on any atom is -0.364 e. The molecule has 1 aliphatic rings. The van der Waals surface area contributed by atoms with Crippen molar-refractivity contribution in [1.82, 2.24) is 29.2 Å². The Kier molecular flexibility index (Phi) is 6.00. The lowest BCUT2D eigenvalue weighted by molar-refractivity contribution is 0.119. The van der Waals surface area contributed by atoms with Crippen LogP contribution in [0.15, 0.2) is 35.3 Å². The van der Waals surface area contributed by atoms with Crippen LogP contribution in [0.25, 0.3) is 22.1 Å². The van der Waals surface area contributed by atoms with Crippen LogP contribution in [-0.4, -0.2) is 54.4 Å². The Morgan fingerprint density at radius 3 is 2.53 bits per heavy atom. The average Bonchev–Trinajstić information content (AvgIpc) is 3.27. The quantitative estimate of drug-likeness (QED) is 0.438. The zero-order valence-electron chi connectivity index (χ0n) is 21.7. The minimum absolute atomic E-state index is 0.0764. The van der Waals surface area contributed by atoms with Crippen LogP contribution in [0.5, 0.6) is 0 Å². The van der Waals surface area contributed by atoms with Crippen LogP contribution in [0.4, 0.5) is 5.69 Å². The molecule has 0 aliphatic carbocycles. The molecule has 1 unspecified atom stereocenters. The van der Waals surface area contributed by atoms with E-state index in [0.717, 1.165) is 52.2 Å². The molecule has 1 fully saturated rings. The van der Waals surface area contributed by atoms with Gasteiger partial charge in [-0.25, -0.2) is 9.97 Å². The van der Waals surface area contributed by atoms with E-state index < -0.39 is 0 Å². The third-order valence-corrected chi connectivity index (χ3v) is 7.59. The van der Waals surface area contributed by atoms with Crippen molar-refractivity contribution >= 4 is 27.8 Å². The third kappa shape index (κ3) is 4.01. The molecule has 3 atom stereocenters. The predicted octanol–water partition coefficient (Wildman–Crippen LogP) is 3.48. The summed E-state index contributed by atoms with van der Waals surface area (Å²) < 4.78 is 3.20. The molecular formula is C27H32N8O. The minimum atomic E-state index is -0.0764. The molecule has 1 aliphatic heterocycles. The van der Waals surface area contributed by atoms with Crippen molar-refractivity contribution in [2.24, 2.45) is 7.05 Å². The van der Waals surface area contributed by atoms with Gasteiger partial charge in [0.15, 0.2) is 0 Å². The highest BCUT2D eigenvalue weighted by Crippen LogP contribution is 2.33. The topological polar surface area (TPSA) is 95.9 Å². The van der Waals surface area contributed by atoms with Crippen LogP contribution in [-0.2, 0) is 13.6 Å². The zero-order valence-corrected chi connectivity index (χ0v) is 21.7. The van der Waals surface area contributed by atoms with Crippen molar-refractivity contribution in [3.05, 3.63) is 57.8 Å². The summed E-state index contributed by atoms with van der Waals surface area (Å²) in [7, 11) is 1.75. The Bertz CT molecular complexity index is 1560. The van der Waals surface area contributed by atoms with Crippen molar-refractivity contribution in [2.45, 2.75) is 59.3 Å². The third-order valence-electron chi connectivity index (χ3n) is 7.59. The summed E-state index contributed by atoms with van der Waals surface area (Å²) >= 11 is 0. The Labute approximate surface area is 210 Å². The van der Waals surface area contributed by atoms with E-state index in [1.807, 2.05) is 13.8 Å². The van der Waals surface area contributed by atoms with Crippen LogP contribution in [0.3, 0.4) is 0 Å². The van der Waals surface area contributed by atoms with Crippen molar-refractivity contribution in [3.63, 3.8) is 0 Å². The Morgan fingerprint density at radius 2 is 1.81 bits per heavy atom. The molecule has 9 nitrogen and oxygen atoms in total. The van der Waals surface area contributed by atoms with Gasteiger partial charge >= 0.3 is 0 Å². The number of hydrogen-bond donors (Lipinski definition) is 0. The Morgan fingerprint density at radius 1 is 1.08 bits per heavy atom. The number of hydrogen-bond acceptors (Lipinski definition) is 7. The number of nitriles is 1. The van der Waals surface area contributed by atoms with Gasteiger partial charge in [-0.2, -0.15) is 10.4 Å². The molecule has 0 bridgehead atoms. The van der Waals surface area contributed by atoms with Crippen molar-refractivity contribution in [1.29, 1.82) is 5.26 Å². The summed E-state index contributed by atoms with van der Waals surface area (Å²) in [6.45, 7) is 12.4. The number of pyridine rings is 1. The van der Waals surface area contributed by atoms with Gasteiger partial charge in [-0.05, 0) is 52.3 Å². The molecule has 1 aromatic carbocycles. The van der Waals surface area contributed by atoms with Gasteiger partial charge in [0.1, 0.15) is 12.1 Å². The number of fused-ring (bicyclic) bond motifs is 2. The fourth-order valence-corrected chi connectivity index (χ4v) is 5.34. The summed E-state index contributed by atoms with van der Waals surface area (Å²) in [5, 5.41) is 13.8. The molecule has 0 saturated carbocycles. The molecule has 5 rings (SSSR count). The average molecular weight is 485 g/mol. The van der Waals surface area contributed by atoms with Gasteiger partial charge in [0, 0.05) is 44.3 Å². The zero-order chi connectivity index (χ0) is 25.7. The highest BCUT2D eigenvalue weighted by atomic mass is 16.1. The molecule has 4 heterocycles. The van der Waals surface area contributed by atoms with Crippen molar-refractivity contribution in [2.75, 3.05) is 18.0 Å². The molecule has 3 aromatic heterocycles. The smallest absolute Gasteiger partial charge is 0.252 e. The van der Waals surface area contributed by atoms with Crippen molar-refractivity contribution in [3.8, 4) is 6.07 Å².